The molecule has 0 amide bonds. The van der Waals surface area contributed by atoms with E-state index in [4.69, 9.17) is 18.0 Å². The number of aromatic amines is 1. The summed E-state index contributed by atoms with van der Waals surface area (Å²) < 4.78 is 0. The highest BCUT2D eigenvalue weighted by atomic mass is 35.5. The minimum absolute atomic E-state index is 0.0669. The van der Waals surface area contributed by atoms with Crippen molar-refractivity contribution >= 4 is 51.8 Å². The van der Waals surface area contributed by atoms with Crippen molar-refractivity contribution in [2.45, 2.75) is 59.3 Å². The van der Waals surface area contributed by atoms with Gasteiger partial charge in [-0.3, -0.25) is 9.79 Å². The topological polar surface area (TPSA) is 83.0 Å². The molecular weight excluding hydrogens is 482 g/mol. The van der Waals surface area contributed by atoms with E-state index in [1.807, 2.05) is 25.1 Å². The van der Waals surface area contributed by atoms with Crippen molar-refractivity contribution in [3.8, 4) is 12.3 Å². The lowest BCUT2D eigenvalue weighted by molar-refractivity contribution is 0.104. The first-order chi connectivity index (χ1) is 18.0. The van der Waals surface area contributed by atoms with Gasteiger partial charge < -0.3 is 10.3 Å². The number of halogens is 1. The summed E-state index contributed by atoms with van der Waals surface area (Å²) in [5.41, 5.74) is 3.07. The molecule has 1 atom stereocenters. The van der Waals surface area contributed by atoms with Crippen molar-refractivity contribution < 1.29 is 4.79 Å². The first-order valence-corrected chi connectivity index (χ1v) is 13.1. The molecule has 192 valence electrons. The van der Waals surface area contributed by atoms with Crippen LogP contribution in [0.1, 0.15) is 75.5 Å². The molecule has 2 aromatic heterocycles. The second kappa shape index (κ2) is 14.2. The largest absolute Gasteiger partial charge is 0.351 e. The average molecular weight is 516 g/mol. The van der Waals surface area contributed by atoms with Crippen LogP contribution in [0.3, 0.4) is 0 Å². The molecule has 3 rings (SSSR count). The van der Waals surface area contributed by atoms with Crippen LogP contribution in [0.25, 0.3) is 16.6 Å². The summed E-state index contributed by atoms with van der Waals surface area (Å²) in [7, 11) is 0. The summed E-state index contributed by atoms with van der Waals surface area (Å²) in [5.74, 6) is 3.57. The first kappa shape index (κ1) is 27.9. The molecule has 2 heterocycles. The Hall–Kier alpha value is -3.69. The maximum atomic E-state index is 12.7. The lowest BCUT2D eigenvalue weighted by Gasteiger charge is -2.12. The van der Waals surface area contributed by atoms with Crippen LogP contribution >= 0.6 is 11.6 Å². The van der Waals surface area contributed by atoms with Crippen molar-refractivity contribution in [3.05, 3.63) is 65.1 Å². The van der Waals surface area contributed by atoms with Crippen LogP contribution in [-0.2, 0) is 0 Å². The number of nitrogens with zero attached hydrogens (tertiary/aromatic N) is 3. The summed E-state index contributed by atoms with van der Waals surface area (Å²) in [5, 5.41) is 4.48. The van der Waals surface area contributed by atoms with Gasteiger partial charge in [0.2, 0.25) is 11.7 Å². The van der Waals surface area contributed by atoms with Crippen molar-refractivity contribution in [1.82, 2.24) is 15.0 Å². The lowest BCUT2D eigenvalue weighted by atomic mass is 9.94. The monoisotopic (exact) mass is 515 g/mol. The molecule has 0 aliphatic heterocycles. The normalized spacial score (nSPS) is 12.9. The Morgan fingerprint density at radius 2 is 2.14 bits per heavy atom. The van der Waals surface area contributed by atoms with Crippen molar-refractivity contribution in [2.24, 2.45) is 10.9 Å². The van der Waals surface area contributed by atoms with Gasteiger partial charge in [0.15, 0.2) is 0 Å². The molecule has 1 unspecified atom stereocenters. The Morgan fingerprint density at radius 1 is 1.30 bits per heavy atom. The number of carbonyl (C=O) groups excluding carboxylic acids is 1. The maximum absolute atomic E-state index is 12.7. The van der Waals surface area contributed by atoms with E-state index < -0.39 is 0 Å². The van der Waals surface area contributed by atoms with Crippen LogP contribution < -0.4 is 5.32 Å². The molecule has 0 bridgehead atoms. The van der Waals surface area contributed by atoms with E-state index in [0.717, 1.165) is 24.1 Å². The third-order valence-electron chi connectivity index (χ3n) is 6.13. The Bertz CT molecular complexity index is 1350. The number of fused-ring (bicyclic) bond motifs is 1. The van der Waals surface area contributed by atoms with Gasteiger partial charge in [-0.05, 0) is 56.0 Å². The number of terminal acetylenes is 1. The summed E-state index contributed by atoms with van der Waals surface area (Å²) >= 11 is 6.53. The van der Waals surface area contributed by atoms with Gasteiger partial charge in [0, 0.05) is 29.6 Å². The number of aromatic nitrogens is 3. The minimum Gasteiger partial charge on any atom is -0.351 e. The van der Waals surface area contributed by atoms with E-state index in [2.05, 4.69) is 45.0 Å². The summed E-state index contributed by atoms with van der Waals surface area (Å²) in [6, 6.07) is 7.22. The molecule has 7 heteroatoms. The van der Waals surface area contributed by atoms with Crippen LogP contribution in [0, 0.1) is 18.3 Å². The summed E-state index contributed by atoms with van der Waals surface area (Å²) in [6.07, 6.45) is 20.8. The molecular formula is C30H34ClN5O. The third kappa shape index (κ3) is 7.90. The van der Waals surface area contributed by atoms with Crippen molar-refractivity contribution in [3.63, 3.8) is 0 Å². The number of rotatable bonds is 13. The van der Waals surface area contributed by atoms with Gasteiger partial charge in [0.25, 0.3) is 0 Å². The Morgan fingerprint density at radius 3 is 2.86 bits per heavy atom. The number of carbonyl (C=O) groups is 1. The molecule has 37 heavy (non-hydrogen) atoms. The van der Waals surface area contributed by atoms with Gasteiger partial charge in [-0.25, -0.2) is 9.97 Å². The summed E-state index contributed by atoms with van der Waals surface area (Å²) in [6.45, 7) is 6.30. The molecule has 0 spiro atoms. The Balaban J connectivity index is 1.71. The molecule has 0 aliphatic rings. The Labute approximate surface area is 224 Å². The van der Waals surface area contributed by atoms with E-state index in [0.29, 0.717) is 39.3 Å². The van der Waals surface area contributed by atoms with E-state index in [9.17, 15) is 4.79 Å². The fraction of sp³-hybridized carbons (Fsp3) is 0.333. The van der Waals surface area contributed by atoms with Crippen LogP contribution in [0.4, 0.5) is 11.6 Å². The number of anilines is 2. The number of ketones is 1. The second-order valence-corrected chi connectivity index (χ2v) is 9.25. The van der Waals surface area contributed by atoms with Gasteiger partial charge >= 0.3 is 0 Å². The fourth-order valence-electron chi connectivity index (χ4n) is 4.26. The van der Waals surface area contributed by atoms with Crippen LogP contribution in [0.5, 0.6) is 0 Å². The molecule has 0 saturated carbocycles. The first-order valence-electron chi connectivity index (χ1n) is 12.8. The zero-order valence-corrected chi connectivity index (χ0v) is 22.5. The maximum Gasteiger partial charge on any atom is 0.227 e. The predicted molar refractivity (Wildman–Crippen MR) is 156 cm³/mol. The fourth-order valence-corrected chi connectivity index (χ4v) is 4.53. The minimum atomic E-state index is -0.0669. The molecule has 2 N–H and O–H groups in total. The van der Waals surface area contributed by atoms with E-state index in [1.165, 1.54) is 25.7 Å². The van der Waals surface area contributed by atoms with Gasteiger partial charge in [0.1, 0.15) is 0 Å². The third-order valence-corrected chi connectivity index (χ3v) is 6.43. The van der Waals surface area contributed by atoms with Crippen molar-refractivity contribution in [2.75, 3.05) is 5.32 Å². The van der Waals surface area contributed by atoms with Gasteiger partial charge in [-0.2, -0.15) is 0 Å². The van der Waals surface area contributed by atoms with Gasteiger partial charge in [0.05, 0.1) is 27.6 Å². The lowest BCUT2D eigenvalue weighted by Crippen LogP contribution is -1.99. The highest BCUT2D eigenvalue weighted by Gasteiger charge is 2.12. The van der Waals surface area contributed by atoms with E-state index in [-0.39, 0.29) is 5.78 Å². The highest BCUT2D eigenvalue weighted by Crippen LogP contribution is 2.30. The number of hydrogen-bond acceptors (Lipinski definition) is 5. The Kier molecular flexibility index (Phi) is 10.7. The zero-order chi connectivity index (χ0) is 26.6. The molecule has 0 radical (unpaired) electrons. The predicted octanol–water partition coefficient (Wildman–Crippen LogP) is 8.16. The van der Waals surface area contributed by atoms with E-state index in [1.54, 1.807) is 36.7 Å². The van der Waals surface area contributed by atoms with Crippen LogP contribution in [0.15, 0.2) is 53.7 Å². The zero-order valence-electron chi connectivity index (χ0n) is 21.7. The van der Waals surface area contributed by atoms with Crippen LogP contribution in [-0.4, -0.2) is 26.9 Å². The quantitative estimate of drug-likeness (QED) is 0.0790. The number of hydrogen-bond donors (Lipinski definition) is 2. The van der Waals surface area contributed by atoms with E-state index >= 15 is 0 Å². The number of benzene rings is 1. The van der Waals surface area contributed by atoms with Gasteiger partial charge in [-0.1, -0.05) is 63.1 Å². The molecule has 0 aliphatic carbocycles. The molecule has 3 aromatic rings. The second-order valence-electron chi connectivity index (χ2n) is 8.84. The molecule has 1 aromatic carbocycles. The number of unbranched alkanes of at least 4 members (excludes halogenated alkanes) is 1. The molecule has 6 nitrogen and oxygen atoms in total. The number of allylic oxidation sites excluding steroid dienone is 3. The van der Waals surface area contributed by atoms with Crippen molar-refractivity contribution in [1.29, 1.82) is 0 Å². The van der Waals surface area contributed by atoms with Crippen LogP contribution in [0.2, 0.25) is 5.02 Å². The number of nitrogens with one attached hydrogen (secondary N) is 2. The highest BCUT2D eigenvalue weighted by molar-refractivity contribution is 6.35. The SMILES string of the molecule is C#CC=C(N=CC)c1ccnc(Nc2cc(Cl)c3[nH]c(C(=O)C=CCCCC(CC)CCC)cc3c2)n1. The molecule has 0 saturated heterocycles. The standard InChI is InChI=1S/C30H34ClN5O/c1-5-12-21(7-3)14-10-9-11-15-28(37)27-19-22-18-23(20-24(31)29(22)35-27)34-30-33-17-16-26(36-30)25(13-6-2)32-8-4/h2,8,11,13,15-21,35H,5,7,9-10,12,14H2,1,3-4H3,(H,33,34,36). The van der Waals surface area contributed by atoms with Gasteiger partial charge in [-0.15, -0.1) is 6.42 Å². The summed E-state index contributed by atoms with van der Waals surface area (Å²) in [4.78, 5) is 29.0. The number of H-pyrrole nitrogens is 1. The molecule has 0 fully saturated rings. The average Bonchev–Trinajstić information content (AvgIpc) is 3.33. The smallest absolute Gasteiger partial charge is 0.227 e. The number of aliphatic imine (C=N–C) groups is 1.